The van der Waals surface area contributed by atoms with Gasteiger partial charge in [-0.2, -0.15) is 4.98 Å². The first kappa shape index (κ1) is 12.8. The van der Waals surface area contributed by atoms with Gasteiger partial charge in [0.25, 0.3) is 0 Å². The average Bonchev–Trinajstić information content (AvgIpc) is 2.71. The third kappa shape index (κ3) is 2.58. The number of Topliss-reactive ketones (excluding diaryl/α,β-unsaturated/α-hetero) is 1. The average molecular weight is 262 g/mol. The maximum Gasteiger partial charge on any atom is 0.234 e. The van der Waals surface area contributed by atoms with Crippen LogP contribution in [0.1, 0.15) is 69.5 Å². The van der Waals surface area contributed by atoms with Crippen molar-refractivity contribution < 1.29 is 9.32 Å². The summed E-state index contributed by atoms with van der Waals surface area (Å²) in [5.74, 6) is 3.52. The zero-order valence-corrected chi connectivity index (χ0v) is 11.6. The Labute approximate surface area is 114 Å². The molecule has 0 unspecified atom stereocenters. The number of nitrogens with zero attached hydrogens (tertiary/aromatic N) is 2. The zero-order valence-electron chi connectivity index (χ0n) is 11.6. The summed E-state index contributed by atoms with van der Waals surface area (Å²) in [7, 11) is 0. The molecule has 0 saturated heterocycles. The number of hydrogen-bond donors (Lipinski definition) is 0. The van der Waals surface area contributed by atoms with Gasteiger partial charge in [-0.1, -0.05) is 24.9 Å². The second kappa shape index (κ2) is 5.43. The monoisotopic (exact) mass is 262 g/mol. The Hall–Kier alpha value is -1.19. The molecule has 0 radical (unpaired) electrons. The van der Waals surface area contributed by atoms with Crippen LogP contribution in [-0.2, 0) is 11.2 Å². The van der Waals surface area contributed by atoms with E-state index in [-0.39, 0.29) is 5.78 Å². The lowest BCUT2D eigenvalue weighted by molar-refractivity contribution is -0.118. The van der Waals surface area contributed by atoms with E-state index in [0.29, 0.717) is 24.7 Å². The van der Waals surface area contributed by atoms with Crippen molar-refractivity contribution in [1.29, 1.82) is 0 Å². The lowest BCUT2D eigenvalue weighted by Gasteiger charge is -2.40. The number of ketones is 1. The van der Waals surface area contributed by atoms with E-state index in [0.717, 1.165) is 17.7 Å². The minimum Gasteiger partial charge on any atom is -0.339 e. The predicted octanol–water partition coefficient (Wildman–Crippen LogP) is 3.28. The lowest BCUT2D eigenvalue weighted by atomic mass is 9.64. The molecule has 0 N–H and O–H groups in total. The van der Waals surface area contributed by atoms with Crippen molar-refractivity contribution in [2.75, 3.05) is 0 Å². The summed E-state index contributed by atoms with van der Waals surface area (Å²) < 4.78 is 5.27. The van der Waals surface area contributed by atoms with Crippen molar-refractivity contribution in [3.8, 4) is 0 Å². The Morgan fingerprint density at radius 3 is 2.37 bits per heavy atom. The maximum absolute atomic E-state index is 11.4. The first-order valence-corrected chi connectivity index (χ1v) is 7.62. The van der Waals surface area contributed by atoms with Crippen molar-refractivity contribution in [2.24, 2.45) is 11.8 Å². The van der Waals surface area contributed by atoms with Gasteiger partial charge in [0.05, 0.1) is 6.42 Å². The summed E-state index contributed by atoms with van der Waals surface area (Å²) in [6, 6.07) is 0. The normalized spacial score (nSPS) is 20.3. The first-order valence-electron chi connectivity index (χ1n) is 7.62. The van der Waals surface area contributed by atoms with Crippen LogP contribution >= 0.6 is 0 Å². The molecule has 19 heavy (non-hydrogen) atoms. The summed E-state index contributed by atoms with van der Waals surface area (Å²) in [4.78, 5) is 15.9. The van der Waals surface area contributed by atoms with E-state index < -0.39 is 0 Å². The van der Waals surface area contributed by atoms with Crippen molar-refractivity contribution >= 4 is 5.78 Å². The number of carbonyl (C=O) groups excluding carboxylic acids is 1. The number of hydrogen-bond acceptors (Lipinski definition) is 4. The second-order valence-electron chi connectivity index (χ2n) is 6.02. The molecule has 0 atom stereocenters. The molecule has 104 valence electrons. The van der Waals surface area contributed by atoms with Crippen LogP contribution in [0, 0.1) is 11.8 Å². The highest BCUT2D eigenvalue weighted by molar-refractivity contribution is 5.79. The third-order valence-electron chi connectivity index (χ3n) is 4.84. The molecule has 0 spiro atoms. The fourth-order valence-corrected chi connectivity index (χ4v) is 3.17. The SMILES string of the molecule is CCC(=O)Cc1nc(C(C2CCC2)C2CCC2)no1. The minimum absolute atomic E-state index is 0.166. The molecular formula is C15H22N2O2. The van der Waals surface area contributed by atoms with Gasteiger partial charge in [0.1, 0.15) is 5.78 Å². The summed E-state index contributed by atoms with van der Waals surface area (Å²) in [6.45, 7) is 1.87. The highest BCUT2D eigenvalue weighted by Crippen LogP contribution is 2.48. The summed E-state index contributed by atoms with van der Waals surface area (Å²) in [6.07, 6.45) is 8.73. The van der Waals surface area contributed by atoms with Gasteiger partial charge < -0.3 is 4.52 Å². The quantitative estimate of drug-likeness (QED) is 0.789. The van der Waals surface area contributed by atoms with Crippen molar-refractivity contribution in [3.63, 3.8) is 0 Å². The molecule has 0 bridgehead atoms. The molecule has 2 saturated carbocycles. The van der Waals surface area contributed by atoms with E-state index in [9.17, 15) is 4.79 Å². The highest BCUT2D eigenvalue weighted by atomic mass is 16.5. The topological polar surface area (TPSA) is 56.0 Å². The van der Waals surface area contributed by atoms with Gasteiger partial charge in [-0.3, -0.25) is 4.79 Å². The van der Waals surface area contributed by atoms with Crippen LogP contribution < -0.4 is 0 Å². The molecule has 0 aromatic carbocycles. The third-order valence-corrected chi connectivity index (χ3v) is 4.84. The molecule has 1 aromatic heterocycles. The van der Waals surface area contributed by atoms with E-state index in [1.165, 1.54) is 38.5 Å². The fraction of sp³-hybridized carbons (Fsp3) is 0.800. The van der Waals surface area contributed by atoms with Gasteiger partial charge in [-0.25, -0.2) is 0 Å². The summed E-state index contributed by atoms with van der Waals surface area (Å²) in [5, 5.41) is 4.17. The van der Waals surface area contributed by atoms with Crippen LogP contribution in [0.25, 0.3) is 0 Å². The van der Waals surface area contributed by atoms with Gasteiger partial charge in [-0.05, 0) is 37.5 Å². The van der Waals surface area contributed by atoms with Gasteiger partial charge >= 0.3 is 0 Å². The Balaban J connectivity index is 1.72. The smallest absolute Gasteiger partial charge is 0.234 e. The maximum atomic E-state index is 11.4. The van der Waals surface area contributed by atoms with E-state index in [1.54, 1.807) is 0 Å². The molecule has 2 fully saturated rings. The number of carbonyl (C=O) groups is 1. The lowest BCUT2D eigenvalue weighted by Crippen LogP contribution is -2.31. The van der Waals surface area contributed by atoms with Gasteiger partial charge in [0.2, 0.25) is 5.89 Å². The van der Waals surface area contributed by atoms with Crippen LogP contribution in [0.2, 0.25) is 0 Å². The standard InChI is InChI=1S/C15H22N2O2/c1-2-12(18)9-13-16-15(17-19-13)14(10-5-3-6-10)11-7-4-8-11/h10-11,14H,2-9H2,1H3. The molecule has 4 heteroatoms. The van der Waals surface area contributed by atoms with E-state index in [1.807, 2.05) is 6.92 Å². The molecule has 4 nitrogen and oxygen atoms in total. The second-order valence-corrected chi connectivity index (χ2v) is 6.02. The summed E-state index contributed by atoms with van der Waals surface area (Å²) in [5.41, 5.74) is 0. The molecule has 0 amide bonds. The predicted molar refractivity (Wildman–Crippen MR) is 70.7 cm³/mol. The van der Waals surface area contributed by atoms with Gasteiger partial charge in [-0.15, -0.1) is 0 Å². The Kier molecular flexibility index (Phi) is 3.67. The zero-order chi connectivity index (χ0) is 13.2. The molecule has 1 aromatic rings. The van der Waals surface area contributed by atoms with Crippen molar-refractivity contribution in [3.05, 3.63) is 11.7 Å². The number of aromatic nitrogens is 2. The van der Waals surface area contributed by atoms with Crippen LogP contribution in [0.5, 0.6) is 0 Å². The van der Waals surface area contributed by atoms with Crippen LogP contribution in [-0.4, -0.2) is 15.9 Å². The Morgan fingerprint density at radius 1 is 1.26 bits per heavy atom. The van der Waals surface area contributed by atoms with Gasteiger partial charge in [0.15, 0.2) is 5.82 Å². The van der Waals surface area contributed by atoms with E-state index in [4.69, 9.17) is 4.52 Å². The fourth-order valence-electron chi connectivity index (χ4n) is 3.17. The van der Waals surface area contributed by atoms with E-state index >= 15 is 0 Å². The molecule has 2 aliphatic carbocycles. The molecule has 1 heterocycles. The molecule has 2 aliphatic rings. The van der Waals surface area contributed by atoms with Crippen LogP contribution in [0.15, 0.2) is 4.52 Å². The van der Waals surface area contributed by atoms with Gasteiger partial charge in [0, 0.05) is 12.3 Å². The minimum atomic E-state index is 0.166. The number of rotatable bonds is 6. The van der Waals surface area contributed by atoms with Crippen molar-refractivity contribution in [2.45, 2.75) is 64.2 Å². The van der Waals surface area contributed by atoms with Crippen LogP contribution in [0.4, 0.5) is 0 Å². The molecule has 3 rings (SSSR count). The van der Waals surface area contributed by atoms with E-state index in [2.05, 4.69) is 10.1 Å². The Bertz CT molecular complexity index is 433. The van der Waals surface area contributed by atoms with Crippen molar-refractivity contribution in [1.82, 2.24) is 10.1 Å². The molecular weight excluding hydrogens is 240 g/mol. The van der Waals surface area contributed by atoms with Crippen LogP contribution in [0.3, 0.4) is 0 Å². The summed E-state index contributed by atoms with van der Waals surface area (Å²) >= 11 is 0. The largest absolute Gasteiger partial charge is 0.339 e. The Morgan fingerprint density at radius 2 is 1.89 bits per heavy atom. The first-order chi connectivity index (χ1) is 9.28. The highest BCUT2D eigenvalue weighted by Gasteiger charge is 2.39. The molecule has 0 aliphatic heterocycles.